The van der Waals surface area contributed by atoms with Gasteiger partial charge in [-0.15, -0.1) is 0 Å². The highest BCUT2D eigenvalue weighted by Crippen LogP contribution is 2.17. The van der Waals surface area contributed by atoms with Gasteiger partial charge < -0.3 is 9.64 Å². The minimum atomic E-state index is -0.201. The second kappa shape index (κ2) is 6.48. The largest absolute Gasteiger partial charge is 0.494 e. The second-order valence-electron chi connectivity index (χ2n) is 3.46. The van der Waals surface area contributed by atoms with Crippen LogP contribution in [0.3, 0.4) is 0 Å². The molecular formula is C12H15N3O2. The fraction of sp³-hybridized carbons (Fsp3) is 0.417. The number of nitriles is 1. The van der Waals surface area contributed by atoms with E-state index in [0.717, 1.165) is 6.42 Å². The van der Waals surface area contributed by atoms with Gasteiger partial charge in [0.25, 0.3) is 5.91 Å². The fourth-order valence-corrected chi connectivity index (χ4v) is 1.50. The molecule has 0 aliphatic heterocycles. The number of aromatic nitrogens is 1. The van der Waals surface area contributed by atoms with Crippen LogP contribution in [0.1, 0.15) is 23.7 Å². The van der Waals surface area contributed by atoms with Gasteiger partial charge in [0.05, 0.1) is 24.9 Å². The number of hydrogen-bond acceptors (Lipinski definition) is 4. The van der Waals surface area contributed by atoms with E-state index in [2.05, 4.69) is 4.98 Å². The average Bonchev–Trinajstić information content (AvgIpc) is 2.37. The first kappa shape index (κ1) is 13.0. The van der Waals surface area contributed by atoms with Crippen LogP contribution in [0.15, 0.2) is 18.5 Å². The SMILES string of the molecule is CCCN(CC#N)C(=O)c1ccncc1OC. The summed E-state index contributed by atoms with van der Waals surface area (Å²) in [5, 5.41) is 8.70. The smallest absolute Gasteiger partial charge is 0.258 e. The Labute approximate surface area is 101 Å². The predicted octanol–water partition coefficient (Wildman–Crippen LogP) is 1.47. The Morgan fingerprint density at radius 2 is 2.41 bits per heavy atom. The van der Waals surface area contributed by atoms with Crippen molar-refractivity contribution in [2.45, 2.75) is 13.3 Å². The quantitative estimate of drug-likeness (QED) is 0.722. The number of rotatable bonds is 5. The Bertz CT molecular complexity index is 426. The maximum Gasteiger partial charge on any atom is 0.258 e. The van der Waals surface area contributed by atoms with Crippen molar-refractivity contribution >= 4 is 5.91 Å². The Balaban J connectivity index is 2.97. The number of nitrogens with zero attached hydrogens (tertiary/aromatic N) is 3. The molecule has 0 saturated heterocycles. The molecule has 0 unspecified atom stereocenters. The third-order valence-corrected chi connectivity index (χ3v) is 2.28. The van der Waals surface area contributed by atoms with Crippen LogP contribution in [-0.4, -0.2) is 36.0 Å². The first-order valence-corrected chi connectivity index (χ1v) is 5.38. The van der Waals surface area contributed by atoms with Crippen LogP contribution < -0.4 is 4.74 Å². The van der Waals surface area contributed by atoms with Crippen molar-refractivity contribution in [2.75, 3.05) is 20.2 Å². The standard InChI is InChI=1S/C12H15N3O2/c1-3-7-15(8-5-13)12(16)10-4-6-14-9-11(10)17-2/h4,6,9H,3,7-8H2,1-2H3. The van der Waals surface area contributed by atoms with Gasteiger partial charge in [0, 0.05) is 12.7 Å². The van der Waals surface area contributed by atoms with Crippen LogP contribution in [0.2, 0.25) is 0 Å². The lowest BCUT2D eigenvalue weighted by atomic mass is 10.2. The van der Waals surface area contributed by atoms with Gasteiger partial charge in [-0.25, -0.2) is 0 Å². The molecule has 0 fully saturated rings. The molecule has 0 aliphatic rings. The van der Waals surface area contributed by atoms with E-state index in [1.807, 2.05) is 13.0 Å². The first-order valence-electron chi connectivity index (χ1n) is 5.38. The number of carbonyl (C=O) groups excluding carboxylic acids is 1. The van der Waals surface area contributed by atoms with E-state index in [0.29, 0.717) is 17.9 Å². The van der Waals surface area contributed by atoms with Gasteiger partial charge in [0.15, 0.2) is 0 Å². The monoisotopic (exact) mass is 233 g/mol. The molecule has 0 N–H and O–H groups in total. The maximum absolute atomic E-state index is 12.2. The summed E-state index contributed by atoms with van der Waals surface area (Å²) in [4.78, 5) is 17.6. The summed E-state index contributed by atoms with van der Waals surface area (Å²) in [7, 11) is 1.49. The highest BCUT2D eigenvalue weighted by Gasteiger charge is 2.18. The minimum absolute atomic E-state index is 0.0815. The number of pyridine rings is 1. The molecule has 0 bridgehead atoms. The topological polar surface area (TPSA) is 66.2 Å². The van der Waals surface area contributed by atoms with E-state index in [1.54, 1.807) is 6.07 Å². The molecule has 1 heterocycles. The van der Waals surface area contributed by atoms with Gasteiger partial charge in [0.2, 0.25) is 0 Å². The van der Waals surface area contributed by atoms with Gasteiger partial charge in [-0.3, -0.25) is 9.78 Å². The van der Waals surface area contributed by atoms with Crippen LogP contribution in [0, 0.1) is 11.3 Å². The summed E-state index contributed by atoms with van der Waals surface area (Å²) in [5.41, 5.74) is 0.436. The number of carbonyl (C=O) groups is 1. The van der Waals surface area contributed by atoms with E-state index in [9.17, 15) is 4.79 Å². The first-order chi connectivity index (χ1) is 8.24. The number of methoxy groups -OCH3 is 1. The third kappa shape index (κ3) is 3.18. The van der Waals surface area contributed by atoms with E-state index in [4.69, 9.17) is 10.00 Å². The van der Waals surface area contributed by atoms with Crippen molar-refractivity contribution in [3.8, 4) is 11.8 Å². The Morgan fingerprint density at radius 1 is 1.65 bits per heavy atom. The zero-order valence-corrected chi connectivity index (χ0v) is 10.0. The van der Waals surface area contributed by atoms with Crippen molar-refractivity contribution in [1.82, 2.24) is 9.88 Å². The fourth-order valence-electron chi connectivity index (χ4n) is 1.50. The van der Waals surface area contributed by atoms with Crippen molar-refractivity contribution in [2.24, 2.45) is 0 Å². The minimum Gasteiger partial charge on any atom is -0.494 e. The summed E-state index contributed by atoms with van der Waals surface area (Å²) >= 11 is 0. The van der Waals surface area contributed by atoms with Crippen LogP contribution in [0.5, 0.6) is 5.75 Å². The summed E-state index contributed by atoms with van der Waals surface area (Å²) in [5.74, 6) is 0.226. The number of hydrogen-bond donors (Lipinski definition) is 0. The number of amides is 1. The summed E-state index contributed by atoms with van der Waals surface area (Å²) in [6, 6.07) is 3.59. The summed E-state index contributed by atoms with van der Waals surface area (Å²) in [6.45, 7) is 2.59. The van der Waals surface area contributed by atoms with Crippen molar-refractivity contribution in [3.63, 3.8) is 0 Å². The third-order valence-electron chi connectivity index (χ3n) is 2.28. The van der Waals surface area contributed by atoms with Gasteiger partial charge in [-0.2, -0.15) is 5.26 Å². The molecule has 0 atom stereocenters. The predicted molar refractivity (Wildman–Crippen MR) is 62.6 cm³/mol. The van der Waals surface area contributed by atoms with Crippen molar-refractivity contribution in [1.29, 1.82) is 5.26 Å². The second-order valence-corrected chi connectivity index (χ2v) is 3.46. The maximum atomic E-state index is 12.2. The Kier molecular flexibility index (Phi) is 4.95. The van der Waals surface area contributed by atoms with Crippen LogP contribution >= 0.6 is 0 Å². The lowest BCUT2D eigenvalue weighted by molar-refractivity contribution is 0.0772. The van der Waals surface area contributed by atoms with Crippen LogP contribution in [0.25, 0.3) is 0 Å². The molecule has 5 heteroatoms. The van der Waals surface area contributed by atoms with Crippen molar-refractivity contribution in [3.05, 3.63) is 24.0 Å². The Morgan fingerprint density at radius 3 is 3.00 bits per heavy atom. The number of ether oxygens (including phenoxy) is 1. The molecule has 5 nitrogen and oxygen atoms in total. The van der Waals surface area contributed by atoms with E-state index >= 15 is 0 Å². The normalized spacial score (nSPS) is 9.47. The molecule has 0 saturated carbocycles. The molecule has 1 amide bonds. The molecule has 1 rings (SSSR count). The molecule has 1 aromatic rings. The van der Waals surface area contributed by atoms with Crippen molar-refractivity contribution < 1.29 is 9.53 Å². The van der Waals surface area contributed by atoms with Crippen LogP contribution in [0.4, 0.5) is 0 Å². The molecule has 0 aliphatic carbocycles. The van der Waals surface area contributed by atoms with E-state index in [1.165, 1.54) is 24.4 Å². The van der Waals surface area contributed by atoms with Crippen LogP contribution in [-0.2, 0) is 0 Å². The highest BCUT2D eigenvalue weighted by atomic mass is 16.5. The van der Waals surface area contributed by atoms with E-state index in [-0.39, 0.29) is 12.5 Å². The zero-order valence-electron chi connectivity index (χ0n) is 10.0. The zero-order chi connectivity index (χ0) is 12.7. The molecule has 17 heavy (non-hydrogen) atoms. The summed E-state index contributed by atoms with van der Waals surface area (Å²) < 4.78 is 5.08. The molecular weight excluding hydrogens is 218 g/mol. The molecule has 90 valence electrons. The van der Waals surface area contributed by atoms with E-state index < -0.39 is 0 Å². The Hall–Kier alpha value is -2.09. The van der Waals surface area contributed by atoms with Gasteiger partial charge in [0.1, 0.15) is 12.3 Å². The molecule has 0 aromatic carbocycles. The van der Waals surface area contributed by atoms with Gasteiger partial charge in [-0.1, -0.05) is 6.92 Å². The summed E-state index contributed by atoms with van der Waals surface area (Å²) in [6.07, 6.45) is 3.83. The molecule has 1 aromatic heterocycles. The lowest BCUT2D eigenvalue weighted by Gasteiger charge is -2.19. The average molecular weight is 233 g/mol. The molecule has 0 radical (unpaired) electrons. The lowest BCUT2D eigenvalue weighted by Crippen LogP contribution is -2.32. The van der Waals surface area contributed by atoms with Gasteiger partial charge in [-0.05, 0) is 12.5 Å². The highest BCUT2D eigenvalue weighted by molar-refractivity contribution is 5.96. The van der Waals surface area contributed by atoms with Gasteiger partial charge >= 0.3 is 0 Å². The molecule has 0 spiro atoms.